The molecule has 1 aromatic carbocycles. The lowest BCUT2D eigenvalue weighted by molar-refractivity contribution is -0.115. The van der Waals surface area contributed by atoms with Gasteiger partial charge in [-0.3, -0.25) is 10.1 Å². The minimum Gasteiger partial charge on any atom is -0.496 e. The standard InChI is InChI=1S/C11H9BrN2O2S/c1-16-9-3-2-6(4-7(9)12)5-8-10(15)14-11(17)13-8/h2-5H,1H3,(H2,13,14,15,17). The van der Waals surface area contributed by atoms with E-state index >= 15 is 0 Å². The quantitative estimate of drug-likeness (QED) is 0.646. The fourth-order valence-corrected chi connectivity index (χ4v) is 2.18. The summed E-state index contributed by atoms with van der Waals surface area (Å²) < 4.78 is 5.95. The van der Waals surface area contributed by atoms with Crippen LogP contribution in [0.25, 0.3) is 6.08 Å². The average Bonchev–Trinajstić information content (AvgIpc) is 2.58. The Bertz CT molecular complexity index is 528. The summed E-state index contributed by atoms with van der Waals surface area (Å²) in [4.78, 5) is 11.4. The van der Waals surface area contributed by atoms with E-state index in [-0.39, 0.29) is 5.91 Å². The number of amides is 1. The second-order valence-electron chi connectivity index (χ2n) is 3.36. The molecule has 4 nitrogen and oxygen atoms in total. The van der Waals surface area contributed by atoms with E-state index in [1.165, 1.54) is 0 Å². The first kappa shape index (κ1) is 12.1. The zero-order chi connectivity index (χ0) is 12.4. The molecule has 0 unspecified atom stereocenters. The third-order valence-corrected chi connectivity index (χ3v) is 3.03. The molecule has 0 radical (unpaired) electrons. The fourth-order valence-electron chi connectivity index (χ4n) is 1.42. The van der Waals surface area contributed by atoms with Crippen molar-refractivity contribution in [2.24, 2.45) is 0 Å². The fraction of sp³-hybridized carbons (Fsp3) is 0.0909. The molecule has 0 aliphatic carbocycles. The van der Waals surface area contributed by atoms with Crippen molar-refractivity contribution >= 4 is 45.2 Å². The van der Waals surface area contributed by atoms with E-state index in [9.17, 15) is 4.79 Å². The van der Waals surface area contributed by atoms with Crippen LogP contribution < -0.4 is 15.4 Å². The molecule has 0 bridgehead atoms. The summed E-state index contributed by atoms with van der Waals surface area (Å²) in [5, 5.41) is 5.61. The highest BCUT2D eigenvalue weighted by atomic mass is 79.9. The summed E-state index contributed by atoms with van der Waals surface area (Å²) in [6.07, 6.45) is 1.72. The first-order chi connectivity index (χ1) is 8.10. The van der Waals surface area contributed by atoms with Gasteiger partial charge in [-0.05, 0) is 51.9 Å². The number of carbonyl (C=O) groups is 1. The minimum atomic E-state index is -0.220. The number of hydrogen-bond acceptors (Lipinski definition) is 3. The van der Waals surface area contributed by atoms with Gasteiger partial charge >= 0.3 is 0 Å². The SMILES string of the molecule is COc1ccc(C=C2NC(=S)NC2=O)cc1Br. The molecule has 0 aromatic heterocycles. The van der Waals surface area contributed by atoms with Gasteiger partial charge in [0.15, 0.2) is 5.11 Å². The lowest BCUT2D eigenvalue weighted by Gasteiger charge is -2.03. The van der Waals surface area contributed by atoms with Crippen molar-refractivity contribution in [2.45, 2.75) is 0 Å². The van der Waals surface area contributed by atoms with Crippen LogP contribution in [-0.2, 0) is 4.79 Å². The largest absolute Gasteiger partial charge is 0.496 e. The van der Waals surface area contributed by atoms with Crippen molar-refractivity contribution in [2.75, 3.05) is 7.11 Å². The highest BCUT2D eigenvalue weighted by Gasteiger charge is 2.19. The van der Waals surface area contributed by atoms with Gasteiger partial charge in [-0.25, -0.2) is 0 Å². The number of rotatable bonds is 2. The zero-order valence-corrected chi connectivity index (χ0v) is 11.3. The molecule has 1 heterocycles. The molecule has 6 heteroatoms. The van der Waals surface area contributed by atoms with Crippen molar-refractivity contribution < 1.29 is 9.53 Å². The Kier molecular flexibility index (Phi) is 3.44. The summed E-state index contributed by atoms with van der Waals surface area (Å²) in [5.41, 5.74) is 1.31. The molecule has 1 fully saturated rings. The summed E-state index contributed by atoms with van der Waals surface area (Å²) in [7, 11) is 1.60. The molecule has 0 spiro atoms. The molecule has 0 saturated carbocycles. The van der Waals surface area contributed by atoms with Gasteiger partial charge in [0.05, 0.1) is 11.6 Å². The lowest BCUT2D eigenvalue weighted by atomic mass is 10.2. The number of hydrogen-bond donors (Lipinski definition) is 2. The molecule has 88 valence electrons. The van der Waals surface area contributed by atoms with Crippen LogP contribution in [-0.4, -0.2) is 18.1 Å². The Morgan fingerprint density at radius 1 is 1.41 bits per heavy atom. The second-order valence-corrected chi connectivity index (χ2v) is 4.62. The molecule has 2 N–H and O–H groups in total. The molecular weight excluding hydrogens is 304 g/mol. The summed E-state index contributed by atoms with van der Waals surface area (Å²) in [6, 6.07) is 5.54. The van der Waals surface area contributed by atoms with Gasteiger partial charge < -0.3 is 10.1 Å². The Balaban J connectivity index is 2.30. The van der Waals surface area contributed by atoms with E-state index in [0.717, 1.165) is 15.8 Å². The minimum absolute atomic E-state index is 0.220. The molecule has 1 saturated heterocycles. The monoisotopic (exact) mass is 312 g/mol. The summed E-state index contributed by atoms with van der Waals surface area (Å²) in [6.45, 7) is 0. The van der Waals surface area contributed by atoms with E-state index in [1.807, 2.05) is 18.2 Å². The van der Waals surface area contributed by atoms with Crippen LogP contribution >= 0.6 is 28.1 Å². The Morgan fingerprint density at radius 3 is 2.71 bits per heavy atom. The van der Waals surface area contributed by atoms with E-state index < -0.39 is 0 Å². The van der Waals surface area contributed by atoms with Crippen LogP contribution in [0.2, 0.25) is 0 Å². The van der Waals surface area contributed by atoms with Gasteiger partial charge in [-0.2, -0.15) is 0 Å². The highest BCUT2D eigenvalue weighted by Crippen LogP contribution is 2.26. The van der Waals surface area contributed by atoms with Crippen molar-refractivity contribution in [1.82, 2.24) is 10.6 Å². The topological polar surface area (TPSA) is 50.4 Å². The van der Waals surface area contributed by atoms with Crippen LogP contribution in [0.1, 0.15) is 5.56 Å². The number of carbonyl (C=O) groups excluding carboxylic acids is 1. The summed E-state index contributed by atoms with van der Waals surface area (Å²) >= 11 is 8.22. The molecule has 1 aliphatic heterocycles. The third kappa shape index (κ3) is 2.65. The number of ether oxygens (including phenoxy) is 1. The molecule has 17 heavy (non-hydrogen) atoms. The van der Waals surface area contributed by atoms with Gasteiger partial charge in [0.1, 0.15) is 11.4 Å². The molecular formula is C11H9BrN2O2S. The van der Waals surface area contributed by atoms with E-state index in [1.54, 1.807) is 13.2 Å². The molecule has 2 rings (SSSR count). The smallest absolute Gasteiger partial charge is 0.273 e. The predicted molar refractivity (Wildman–Crippen MR) is 72.5 cm³/mol. The van der Waals surface area contributed by atoms with Gasteiger partial charge in [0.2, 0.25) is 0 Å². The summed E-state index contributed by atoms with van der Waals surface area (Å²) in [5.74, 6) is 0.522. The van der Waals surface area contributed by atoms with Crippen LogP contribution in [0.3, 0.4) is 0 Å². The van der Waals surface area contributed by atoms with Gasteiger partial charge in [0.25, 0.3) is 5.91 Å². The van der Waals surface area contributed by atoms with E-state index in [4.69, 9.17) is 17.0 Å². The predicted octanol–water partition coefficient (Wildman–Crippen LogP) is 1.80. The first-order valence-corrected chi connectivity index (χ1v) is 5.98. The maximum atomic E-state index is 11.4. The maximum Gasteiger partial charge on any atom is 0.273 e. The average molecular weight is 313 g/mol. The molecule has 1 aromatic rings. The van der Waals surface area contributed by atoms with Crippen molar-refractivity contribution in [3.05, 3.63) is 33.9 Å². The van der Waals surface area contributed by atoms with Crippen LogP contribution in [0.5, 0.6) is 5.75 Å². The normalized spacial score (nSPS) is 16.9. The van der Waals surface area contributed by atoms with Crippen LogP contribution in [0, 0.1) is 0 Å². The van der Waals surface area contributed by atoms with Crippen molar-refractivity contribution in [3.8, 4) is 5.75 Å². The Morgan fingerprint density at radius 2 is 2.18 bits per heavy atom. The number of nitrogens with one attached hydrogen (secondary N) is 2. The molecule has 0 atom stereocenters. The van der Waals surface area contributed by atoms with Crippen LogP contribution in [0.15, 0.2) is 28.4 Å². The van der Waals surface area contributed by atoms with E-state index in [0.29, 0.717) is 10.8 Å². The van der Waals surface area contributed by atoms with Crippen molar-refractivity contribution in [1.29, 1.82) is 0 Å². The van der Waals surface area contributed by atoms with Gasteiger partial charge in [-0.15, -0.1) is 0 Å². The Hall–Kier alpha value is -1.40. The maximum absolute atomic E-state index is 11.4. The highest BCUT2D eigenvalue weighted by molar-refractivity contribution is 9.10. The number of halogens is 1. The molecule has 1 aliphatic rings. The second kappa shape index (κ2) is 4.85. The third-order valence-electron chi connectivity index (χ3n) is 2.21. The zero-order valence-electron chi connectivity index (χ0n) is 8.91. The van der Waals surface area contributed by atoms with E-state index in [2.05, 4.69) is 26.6 Å². The number of thiocarbonyl (C=S) groups is 1. The van der Waals surface area contributed by atoms with Crippen molar-refractivity contribution in [3.63, 3.8) is 0 Å². The first-order valence-electron chi connectivity index (χ1n) is 4.77. The number of benzene rings is 1. The molecule has 1 amide bonds. The lowest BCUT2D eigenvalue weighted by Crippen LogP contribution is -2.21. The van der Waals surface area contributed by atoms with Gasteiger partial charge in [0, 0.05) is 0 Å². The Labute approximate surface area is 112 Å². The number of methoxy groups -OCH3 is 1. The van der Waals surface area contributed by atoms with Gasteiger partial charge in [-0.1, -0.05) is 6.07 Å². The van der Waals surface area contributed by atoms with Crippen LogP contribution in [0.4, 0.5) is 0 Å².